The Morgan fingerprint density at radius 2 is 1.94 bits per heavy atom. The summed E-state index contributed by atoms with van der Waals surface area (Å²) in [6.45, 7) is 4.68. The maximum absolute atomic E-state index is 8.74. The molecule has 5 heteroatoms. The molecule has 1 aromatic rings. The molecule has 0 aromatic heterocycles. The van der Waals surface area contributed by atoms with E-state index in [1.54, 1.807) is 0 Å². The van der Waals surface area contributed by atoms with Gasteiger partial charge in [-0.25, -0.2) is 0 Å². The molecule has 0 fully saturated rings. The van der Waals surface area contributed by atoms with Crippen molar-refractivity contribution in [3.05, 3.63) is 26.6 Å². The van der Waals surface area contributed by atoms with E-state index < -0.39 is 0 Å². The van der Waals surface area contributed by atoms with Crippen LogP contribution in [0.4, 0.5) is 0 Å². The molecule has 0 saturated heterocycles. The monoisotopic (exact) mass is 379 g/mol. The van der Waals surface area contributed by atoms with Crippen LogP contribution < -0.4 is 10.1 Å². The molecule has 0 amide bonds. The van der Waals surface area contributed by atoms with E-state index in [0.717, 1.165) is 34.2 Å². The molecule has 0 unspecified atom stereocenters. The minimum atomic E-state index is 0.147. The Morgan fingerprint density at radius 1 is 1.28 bits per heavy atom. The van der Waals surface area contributed by atoms with Gasteiger partial charge in [0.1, 0.15) is 5.75 Å². The number of rotatable bonds is 8. The largest absolute Gasteiger partial charge is 0.491 e. The Balaban J connectivity index is 2.65. The topological polar surface area (TPSA) is 41.5 Å². The highest BCUT2D eigenvalue weighted by Gasteiger charge is 2.08. The predicted molar refractivity (Wildman–Crippen MR) is 81.0 cm³/mol. The van der Waals surface area contributed by atoms with Crippen molar-refractivity contribution >= 4 is 31.9 Å². The number of aliphatic hydroxyl groups excluding tert-OH is 1. The smallest absolute Gasteiger partial charge is 0.147 e. The van der Waals surface area contributed by atoms with Gasteiger partial charge < -0.3 is 15.2 Å². The van der Waals surface area contributed by atoms with Crippen LogP contribution in [-0.4, -0.2) is 24.9 Å². The Labute approximate surface area is 125 Å². The van der Waals surface area contributed by atoms with Crippen LogP contribution in [0.1, 0.15) is 25.3 Å². The van der Waals surface area contributed by atoms with Gasteiger partial charge in [0.15, 0.2) is 0 Å². The molecule has 0 spiro atoms. The number of benzene rings is 1. The first-order chi connectivity index (χ1) is 8.69. The van der Waals surface area contributed by atoms with Gasteiger partial charge in [-0.05, 0) is 62.5 Å². The molecule has 0 aliphatic heterocycles. The second-order valence-electron chi connectivity index (χ2n) is 3.99. The third-order valence-corrected chi connectivity index (χ3v) is 3.54. The van der Waals surface area contributed by atoms with Gasteiger partial charge in [-0.2, -0.15) is 0 Å². The second kappa shape index (κ2) is 8.91. The molecule has 102 valence electrons. The molecular weight excluding hydrogens is 362 g/mol. The fourth-order valence-electron chi connectivity index (χ4n) is 1.50. The fraction of sp³-hybridized carbons (Fsp3) is 0.538. The Bertz CT molecular complexity index is 349. The highest BCUT2D eigenvalue weighted by Crippen LogP contribution is 2.34. The summed E-state index contributed by atoms with van der Waals surface area (Å²) in [5.74, 6) is 0.794. The van der Waals surface area contributed by atoms with Crippen LogP contribution in [0.25, 0.3) is 0 Å². The molecule has 0 radical (unpaired) electrons. The van der Waals surface area contributed by atoms with E-state index in [0.29, 0.717) is 13.0 Å². The van der Waals surface area contributed by atoms with Crippen molar-refractivity contribution in [1.82, 2.24) is 5.32 Å². The lowest BCUT2D eigenvalue weighted by Crippen LogP contribution is -2.13. The normalized spacial score (nSPS) is 10.7. The zero-order valence-electron chi connectivity index (χ0n) is 10.5. The third kappa shape index (κ3) is 5.26. The molecule has 1 aromatic carbocycles. The van der Waals surface area contributed by atoms with Crippen LogP contribution in [0.5, 0.6) is 5.75 Å². The number of nitrogens with one attached hydrogen (secondary N) is 1. The average Bonchev–Trinajstić information content (AvgIpc) is 2.33. The molecule has 0 atom stereocenters. The number of ether oxygens (including phenoxy) is 1. The minimum Gasteiger partial charge on any atom is -0.491 e. The summed E-state index contributed by atoms with van der Waals surface area (Å²) in [6.07, 6.45) is 1.77. The summed E-state index contributed by atoms with van der Waals surface area (Å²) in [7, 11) is 0. The van der Waals surface area contributed by atoms with E-state index in [2.05, 4.69) is 56.2 Å². The molecule has 3 nitrogen and oxygen atoms in total. The molecule has 2 N–H and O–H groups in total. The van der Waals surface area contributed by atoms with Gasteiger partial charge in [0.2, 0.25) is 0 Å². The van der Waals surface area contributed by atoms with E-state index in [-0.39, 0.29) is 6.61 Å². The Hall–Kier alpha value is -0.100. The molecule has 0 aliphatic rings. The van der Waals surface area contributed by atoms with Crippen molar-refractivity contribution in [2.75, 3.05) is 19.8 Å². The summed E-state index contributed by atoms with van der Waals surface area (Å²) in [4.78, 5) is 0. The van der Waals surface area contributed by atoms with Crippen molar-refractivity contribution in [2.24, 2.45) is 0 Å². The van der Waals surface area contributed by atoms with E-state index in [1.165, 1.54) is 5.56 Å². The SMILES string of the molecule is CCCNCc1cc(Br)c(OCCCO)c(Br)c1. The average molecular weight is 381 g/mol. The van der Waals surface area contributed by atoms with Gasteiger partial charge in [0, 0.05) is 19.6 Å². The van der Waals surface area contributed by atoms with E-state index in [9.17, 15) is 0 Å². The molecule has 18 heavy (non-hydrogen) atoms. The third-order valence-electron chi connectivity index (χ3n) is 2.36. The van der Waals surface area contributed by atoms with Gasteiger partial charge in [-0.3, -0.25) is 0 Å². The highest BCUT2D eigenvalue weighted by atomic mass is 79.9. The van der Waals surface area contributed by atoms with Crippen LogP contribution in [0.3, 0.4) is 0 Å². The van der Waals surface area contributed by atoms with E-state index in [1.807, 2.05) is 0 Å². The maximum Gasteiger partial charge on any atom is 0.147 e. The standard InChI is InChI=1S/C13H19Br2NO2/c1-2-4-16-9-10-7-11(14)13(12(15)8-10)18-6-3-5-17/h7-8,16-17H,2-6,9H2,1H3. The number of halogens is 2. The second-order valence-corrected chi connectivity index (χ2v) is 5.70. The van der Waals surface area contributed by atoms with Gasteiger partial charge >= 0.3 is 0 Å². The molecule has 0 aliphatic carbocycles. The molecule has 0 saturated carbocycles. The summed E-state index contributed by atoms with van der Waals surface area (Å²) in [6, 6.07) is 4.11. The van der Waals surface area contributed by atoms with Crippen molar-refractivity contribution < 1.29 is 9.84 Å². The van der Waals surface area contributed by atoms with E-state index >= 15 is 0 Å². The molecule has 0 bridgehead atoms. The quantitative estimate of drug-likeness (QED) is 0.678. The predicted octanol–water partition coefficient (Wildman–Crippen LogP) is 3.47. The Kier molecular flexibility index (Phi) is 7.90. The van der Waals surface area contributed by atoms with Crippen LogP contribution in [0, 0.1) is 0 Å². The molecule has 0 heterocycles. The van der Waals surface area contributed by atoms with Gasteiger partial charge in [0.05, 0.1) is 15.6 Å². The first kappa shape index (κ1) is 16.0. The van der Waals surface area contributed by atoms with Crippen molar-refractivity contribution in [1.29, 1.82) is 0 Å². The lowest BCUT2D eigenvalue weighted by molar-refractivity contribution is 0.232. The van der Waals surface area contributed by atoms with Gasteiger partial charge in [0.25, 0.3) is 0 Å². The van der Waals surface area contributed by atoms with Crippen LogP contribution in [-0.2, 0) is 6.54 Å². The summed E-state index contributed by atoms with van der Waals surface area (Å²) >= 11 is 7.03. The molecule has 1 rings (SSSR count). The first-order valence-electron chi connectivity index (χ1n) is 6.11. The number of hydrogen-bond donors (Lipinski definition) is 2. The zero-order valence-corrected chi connectivity index (χ0v) is 13.7. The Morgan fingerprint density at radius 3 is 2.50 bits per heavy atom. The summed E-state index contributed by atoms with van der Waals surface area (Å²) < 4.78 is 7.48. The van der Waals surface area contributed by atoms with Crippen molar-refractivity contribution in [3.63, 3.8) is 0 Å². The zero-order chi connectivity index (χ0) is 13.4. The van der Waals surface area contributed by atoms with E-state index in [4.69, 9.17) is 9.84 Å². The minimum absolute atomic E-state index is 0.147. The van der Waals surface area contributed by atoms with Crippen LogP contribution in [0.15, 0.2) is 21.1 Å². The molecular formula is C13H19Br2NO2. The first-order valence-corrected chi connectivity index (χ1v) is 7.70. The number of hydrogen-bond acceptors (Lipinski definition) is 3. The van der Waals surface area contributed by atoms with Crippen molar-refractivity contribution in [3.8, 4) is 5.75 Å². The lowest BCUT2D eigenvalue weighted by atomic mass is 10.2. The number of aliphatic hydroxyl groups is 1. The summed E-state index contributed by atoms with van der Waals surface area (Å²) in [5.41, 5.74) is 1.21. The van der Waals surface area contributed by atoms with Crippen molar-refractivity contribution in [2.45, 2.75) is 26.3 Å². The van der Waals surface area contributed by atoms with Crippen LogP contribution >= 0.6 is 31.9 Å². The maximum atomic E-state index is 8.74. The fourth-order valence-corrected chi connectivity index (χ4v) is 3.01. The lowest BCUT2D eigenvalue weighted by Gasteiger charge is -2.12. The van der Waals surface area contributed by atoms with Gasteiger partial charge in [-0.1, -0.05) is 6.92 Å². The van der Waals surface area contributed by atoms with Crippen LogP contribution in [0.2, 0.25) is 0 Å². The van der Waals surface area contributed by atoms with Gasteiger partial charge in [-0.15, -0.1) is 0 Å². The highest BCUT2D eigenvalue weighted by molar-refractivity contribution is 9.11. The summed E-state index contributed by atoms with van der Waals surface area (Å²) in [5, 5.41) is 12.1.